The molecule has 0 aliphatic carbocycles. The summed E-state index contributed by atoms with van der Waals surface area (Å²) in [6, 6.07) is 5.97. The van der Waals surface area contributed by atoms with Gasteiger partial charge in [0.1, 0.15) is 0 Å². The van der Waals surface area contributed by atoms with Gasteiger partial charge in [0.05, 0.1) is 6.04 Å². The second kappa shape index (κ2) is 4.24. The summed E-state index contributed by atoms with van der Waals surface area (Å²) in [5.41, 5.74) is 1.14. The molecule has 1 N–H and O–H groups in total. The van der Waals surface area contributed by atoms with E-state index in [1.54, 1.807) is 0 Å². The Balaban J connectivity index is 2.01. The van der Waals surface area contributed by atoms with E-state index in [1.165, 1.54) is 0 Å². The van der Waals surface area contributed by atoms with Gasteiger partial charge in [-0.2, -0.15) is 0 Å². The summed E-state index contributed by atoms with van der Waals surface area (Å²) in [5.74, 6) is 4.24. The molecule has 1 aromatic rings. The average Bonchev–Trinajstić information content (AvgIpc) is 2.72. The van der Waals surface area contributed by atoms with E-state index in [9.17, 15) is 0 Å². The summed E-state index contributed by atoms with van der Waals surface area (Å²) in [6.07, 6.45) is 5.27. The molecule has 3 heteroatoms. The van der Waals surface area contributed by atoms with Gasteiger partial charge < -0.3 is 9.47 Å². The molecule has 0 fully saturated rings. The van der Waals surface area contributed by atoms with Gasteiger partial charge in [0.15, 0.2) is 11.5 Å². The number of ether oxygens (including phenoxy) is 2. The van der Waals surface area contributed by atoms with Gasteiger partial charge in [-0.15, -0.1) is 6.42 Å². The summed E-state index contributed by atoms with van der Waals surface area (Å²) < 4.78 is 10.5. The molecule has 1 aliphatic heterocycles. The van der Waals surface area contributed by atoms with Crippen molar-refractivity contribution in [1.82, 2.24) is 5.32 Å². The van der Waals surface area contributed by atoms with Crippen LogP contribution in [0.15, 0.2) is 18.2 Å². The maximum absolute atomic E-state index is 5.28. The van der Waals surface area contributed by atoms with E-state index in [0.717, 1.165) is 23.6 Å². The Hall–Kier alpha value is -1.66. The Morgan fingerprint density at radius 3 is 3.07 bits per heavy atom. The summed E-state index contributed by atoms with van der Waals surface area (Å²) in [7, 11) is 0. The van der Waals surface area contributed by atoms with Crippen LogP contribution >= 0.6 is 0 Å². The topological polar surface area (TPSA) is 30.5 Å². The smallest absolute Gasteiger partial charge is 0.231 e. The Kier molecular flexibility index (Phi) is 2.79. The van der Waals surface area contributed by atoms with Crippen LogP contribution in [0, 0.1) is 12.3 Å². The Bertz CT molecular complexity index is 395. The Labute approximate surface area is 89.4 Å². The molecule has 0 spiro atoms. The van der Waals surface area contributed by atoms with Crippen LogP contribution in [-0.2, 0) is 6.54 Å². The van der Waals surface area contributed by atoms with Crippen LogP contribution in [0.4, 0.5) is 0 Å². The maximum Gasteiger partial charge on any atom is 0.231 e. The summed E-state index contributed by atoms with van der Waals surface area (Å²) in [6.45, 7) is 3.00. The highest BCUT2D eigenvalue weighted by atomic mass is 16.7. The molecule has 3 nitrogen and oxygen atoms in total. The number of terminal acetylenes is 1. The predicted octanol–water partition coefficient (Wildman–Crippen LogP) is 1.53. The molecule has 2 rings (SSSR count). The lowest BCUT2D eigenvalue weighted by atomic mass is 10.2. The number of hydrogen-bond donors (Lipinski definition) is 1. The van der Waals surface area contributed by atoms with Gasteiger partial charge in [0, 0.05) is 6.54 Å². The number of nitrogens with one attached hydrogen (secondary N) is 1. The number of rotatable bonds is 3. The quantitative estimate of drug-likeness (QED) is 0.756. The third kappa shape index (κ3) is 2.23. The third-order valence-electron chi connectivity index (χ3n) is 2.30. The standard InChI is InChI=1S/C12H13NO2/c1-3-9(2)13-7-10-4-5-11-12(6-10)15-8-14-11/h1,4-6,9,13H,7-8H2,2H3. The van der Waals surface area contributed by atoms with Crippen molar-refractivity contribution in [2.75, 3.05) is 6.79 Å². The zero-order valence-electron chi connectivity index (χ0n) is 8.62. The van der Waals surface area contributed by atoms with Crippen LogP contribution in [0.1, 0.15) is 12.5 Å². The van der Waals surface area contributed by atoms with Crippen LogP contribution in [0.3, 0.4) is 0 Å². The maximum atomic E-state index is 5.28. The highest BCUT2D eigenvalue weighted by Gasteiger charge is 2.12. The van der Waals surface area contributed by atoms with Gasteiger partial charge in [-0.25, -0.2) is 0 Å². The van der Waals surface area contributed by atoms with Crippen molar-refractivity contribution in [3.63, 3.8) is 0 Å². The molecular formula is C12H13NO2. The fourth-order valence-corrected chi connectivity index (χ4v) is 1.38. The number of benzene rings is 1. The van der Waals surface area contributed by atoms with E-state index in [-0.39, 0.29) is 6.04 Å². The summed E-state index contributed by atoms with van der Waals surface area (Å²) in [5, 5.41) is 3.21. The molecule has 0 aromatic heterocycles. The lowest BCUT2D eigenvalue weighted by molar-refractivity contribution is 0.174. The lowest BCUT2D eigenvalue weighted by Gasteiger charge is -2.07. The molecule has 1 atom stereocenters. The number of fused-ring (bicyclic) bond motifs is 1. The van der Waals surface area contributed by atoms with Crippen molar-refractivity contribution < 1.29 is 9.47 Å². The van der Waals surface area contributed by atoms with Gasteiger partial charge in [0.2, 0.25) is 6.79 Å². The fourth-order valence-electron chi connectivity index (χ4n) is 1.38. The van der Waals surface area contributed by atoms with Crippen molar-refractivity contribution in [2.45, 2.75) is 19.5 Å². The Morgan fingerprint density at radius 2 is 2.27 bits per heavy atom. The monoisotopic (exact) mass is 203 g/mol. The zero-order chi connectivity index (χ0) is 10.7. The second-order valence-corrected chi connectivity index (χ2v) is 3.46. The van der Waals surface area contributed by atoms with E-state index >= 15 is 0 Å². The van der Waals surface area contributed by atoms with E-state index in [1.807, 2.05) is 25.1 Å². The molecule has 0 bridgehead atoms. The molecule has 0 radical (unpaired) electrons. The van der Waals surface area contributed by atoms with Crippen LogP contribution in [-0.4, -0.2) is 12.8 Å². The Morgan fingerprint density at radius 1 is 1.47 bits per heavy atom. The molecule has 1 heterocycles. The summed E-state index contributed by atoms with van der Waals surface area (Å²) >= 11 is 0. The minimum atomic E-state index is 0.0791. The average molecular weight is 203 g/mol. The van der Waals surface area contributed by atoms with Crippen molar-refractivity contribution in [3.8, 4) is 23.8 Å². The van der Waals surface area contributed by atoms with Crippen LogP contribution in [0.25, 0.3) is 0 Å². The molecule has 1 aromatic carbocycles. The molecule has 0 amide bonds. The van der Waals surface area contributed by atoms with Crippen LogP contribution < -0.4 is 14.8 Å². The van der Waals surface area contributed by atoms with E-state index in [2.05, 4.69) is 11.2 Å². The molecule has 1 aliphatic rings. The number of hydrogen-bond acceptors (Lipinski definition) is 3. The van der Waals surface area contributed by atoms with E-state index < -0.39 is 0 Å². The van der Waals surface area contributed by atoms with Crippen molar-refractivity contribution in [2.24, 2.45) is 0 Å². The highest BCUT2D eigenvalue weighted by Crippen LogP contribution is 2.32. The minimum Gasteiger partial charge on any atom is -0.454 e. The summed E-state index contributed by atoms with van der Waals surface area (Å²) in [4.78, 5) is 0. The first-order valence-electron chi connectivity index (χ1n) is 4.87. The first-order valence-corrected chi connectivity index (χ1v) is 4.87. The predicted molar refractivity (Wildman–Crippen MR) is 57.7 cm³/mol. The SMILES string of the molecule is C#CC(C)NCc1ccc2c(c1)OCO2. The lowest BCUT2D eigenvalue weighted by Crippen LogP contribution is -2.23. The van der Waals surface area contributed by atoms with Crippen LogP contribution in [0.2, 0.25) is 0 Å². The van der Waals surface area contributed by atoms with Gasteiger partial charge >= 0.3 is 0 Å². The minimum absolute atomic E-state index is 0.0791. The van der Waals surface area contributed by atoms with E-state index in [0.29, 0.717) is 6.79 Å². The first-order chi connectivity index (χ1) is 7.29. The fraction of sp³-hybridized carbons (Fsp3) is 0.333. The molecule has 15 heavy (non-hydrogen) atoms. The van der Waals surface area contributed by atoms with E-state index in [4.69, 9.17) is 15.9 Å². The van der Waals surface area contributed by atoms with Crippen molar-refractivity contribution >= 4 is 0 Å². The third-order valence-corrected chi connectivity index (χ3v) is 2.30. The second-order valence-electron chi connectivity index (χ2n) is 3.46. The largest absolute Gasteiger partial charge is 0.454 e. The molecule has 0 saturated carbocycles. The van der Waals surface area contributed by atoms with Gasteiger partial charge in [-0.1, -0.05) is 12.0 Å². The van der Waals surface area contributed by atoms with Gasteiger partial charge in [-0.3, -0.25) is 5.32 Å². The molecule has 78 valence electrons. The molecular weight excluding hydrogens is 190 g/mol. The zero-order valence-corrected chi connectivity index (χ0v) is 8.62. The normalized spacial score (nSPS) is 14.7. The molecule has 1 unspecified atom stereocenters. The molecule has 0 saturated heterocycles. The first kappa shape index (κ1) is 9.88. The van der Waals surface area contributed by atoms with Crippen molar-refractivity contribution in [1.29, 1.82) is 0 Å². The van der Waals surface area contributed by atoms with Crippen molar-refractivity contribution in [3.05, 3.63) is 23.8 Å². The van der Waals surface area contributed by atoms with Crippen LogP contribution in [0.5, 0.6) is 11.5 Å². The van der Waals surface area contributed by atoms with Gasteiger partial charge in [-0.05, 0) is 24.6 Å². The van der Waals surface area contributed by atoms with Gasteiger partial charge in [0.25, 0.3) is 0 Å². The highest BCUT2D eigenvalue weighted by molar-refractivity contribution is 5.44.